The Bertz CT molecular complexity index is 732. The second-order valence-corrected chi connectivity index (χ2v) is 5.53. The van der Waals surface area contributed by atoms with Crippen LogP contribution in [-0.4, -0.2) is 15.5 Å². The zero-order valence-electron chi connectivity index (χ0n) is 10.4. The van der Waals surface area contributed by atoms with Crippen LogP contribution in [0.1, 0.15) is 0 Å². The van der Waals surface area contributed by atoms with Gasteiger partial charge in [0.15, 0.2) is 0 Å². The van der Waals surface area contributed by atoms with Gasteiger partial charge in [-0.2, -0.15) is 0 Å². The molecule has 0 heterocycles. The molecule has 0 fully saturated rings. The van der Waals surface area contributed by atoms with Crippen molar-refractivity contribution in [2.45, 2.75) is 4.90 Å². The number of hydrogen-bond donors (Lipinski definition) is 1. The minimum Gasteiger partial charge on any atom is -0.495 e. The fraction of sp³-hybridized carbons (Fsp3) is 0.0769. The van der Waals surface area contributed by atoms with Crippen molar-refractivity contribution in [2.75, 3.05) is 11.8 Å². The molecule has 0 aliphatic carbocycles. The monoisotopic (exact) mass is 299 g/mol. The molecule has 0 unspecified atom stereocenters. The van der Waals surface area contributed by atoms with E-state index in [4.69, 9.17) is 4.74 Å². The van der Waals surface area contributed by atoms with E-state index >= 15 is 0 Å². The van der Waals surface area contributed by atoms with Crippen LogP contribution in [0.15, 0.2) is 47.4 Å². The zero-order chi connectivity index (χ0) is 14.8. The van der Waals surface area contributed by atoms with Crippen molar-refractivity contribution >= 4 is 15.7 Å². The molecule has 0 atom stereocenters. The molecule has 0 radical (unpaired) electrons. The first-order valence-corrected chi connectivity index (χ1v) is 7.03. The quantitative estimate of drug-likeness (QED) is 0.944. The fourth-order valence-corrected chi connectivity index (χ4v) is 2.75. The summed E-state index contributed by atoms with van der Waals surface area (Å²) in [7, 11) is -2.78. The van der Waals surface area contributed by atoms with Crippen LogP contribution < -0.4 is 9.46 Å². The van der Waals surface area contributed by atoms with Crippen LogP contribution in [0.2, 0.25) is 0 Å². The molecule has 2 aromatic carbocycles. The third-order valence-corrected chi connectivity index (χ3v) is 3.93. The lowest BCUT2D eigenvalue weighted by Gasteiger charge is -2.12. The van der Waals surface area contributed by atoms with Gasteiger partial charge in [-0.25, -0.2) is 17.2 Å². The average molecular weight is 299 g/mol. The first-order valence-electron chi connectivity index (χ1n) is 5.55. The van der Waals surface area contributed by atoms with E-state index in [2.05, 4.69) is 4.72 Å². The maximum absolute atomic E-state index is 13.5. The van der Waals surface area contributed by atoms with Crippen LogP contribution in [0.5, 0.6) is 5.75 Å². The van der Waals surface area contributed by atoms with Crippen molar-refractivity contribution in [1.82, 2.24) is 0 Å². The number of rotatable bonds is 4. The molecule has 106 valence electrons. The lowest BCUT2D eigenvalue weighted by atomic mass is 10.3. The molecule has 0 aliphatic heterocycles. The van der Waals surface area contributed by atoms with Gasteiger partial charge >= 0.3 is 0 Å². The molecule has 7 heteroatoms. The van der Waals surface area contributed by atoms with Gasteiger partial charge in [-0.15, -0.1) is 0 Å². The molecular weight excluding hydrogens is 288 g/mol. The number of methoxy groups -OCH3 is 1. The molecule has 2 aromatic rings. The van der Waals surface area contributed by atoms with Crippen molar-refractivity contribution in [3.63, 3.8) is 0 Å². The zero-order valence-corrected chi connectivity index (χ0v) is 11.2. The highest BCUT2D eigenvalue weighted by atomic mass is 32.2. The normalized spacial score (nSPS) is 11.2. The van der Waals surface area contributed by atoms with E-state index in [0.29, 0.717) is 11.8 Å². The van der Waals surface area contributed by atoms with Gasteiger partial charge in [-0.3, -0.25) is 4.72 Å². The Morgan fingerprint density at radius 1 is 1.10 bits per heavy atom. The molecule has 0 spiro atoms. The Kier molecular flexibility index (Phi) is 3.89. The van der Waals surface area contributed by atoms with Crippen LogP contribution in [0.25, 0.3) is 0 Å². The van der Waals surface area contributed by atoms with E-state index in [1.807, 2.05) is 0 Å². The maximum Gasteiger partial charge on any atom is 0.264 e. The Hall–Kier alpha value is -2.15. The second-order valence-electron chi connectivity index (χ2n) is 3.88. The van der Waals surface area contributed by atoms with Crippen LogP contribution in [0.3, 0.4) is 0 Å². The molecule has 4 nitrogen and oxygen atoms in total. The first kappa shape index (κ1) is 14.3. The molecule has 0 saturated carbocycles. The molecule has 0 saturated heterocycles. The lowest BCUT2D eigenvalue weighted by molar-refractivity contribution is 0.417. The molecule has 2 rings (SSSR count). The van der Waals surface area contributed by atoms with Gasteiger partial charge in [0.05, 0.1) is 12.8 Å². The molecule has 20 heavy (non-hydrogen) atoms. The van der Waals surface area contributed by atoms with E-state index in [-0.39, 0.29) is 5.69 Å². The summed E-state index contributed by atoms with van der Waals surface area (Å²) in [5, 5.41) is 0. The summed E-state index contributed by atoms with van der Waals surface area (Å²) in [6.07, 6.45) is 0. The molecule has 0 amide bonds. The molecule has 0 aliphatic rings. The Labute approximate surface area is 115 Å². The molecule has 0 bridgehead atoms. The highest BCUT2D eigenvalue weighted by Gasteiger charge is 2.20. The number of para-hydroxylation sites is 2. The number of nitrogens with one attached hydrogen (secondary N) is 1. The largest absolute Gasteiger partial charge is 0.495 e. The van der Waals surface area contributed by atoms with E-state index in [0.717, 1.165) is 12.1 Å². The standard InChI is InChI=1S/C13H11F2NO3S/c1-19-12-5-3-2-4-11(12)16-20(17,18)13-7-6-9(14)8-10(13)15/h2-8,16H,1H3. The summed E-state index contributed by atoms with van der Waals surface area (Å²) >= 11 is 0. The number of hydrogen-bond acceptors (Lipinski definition) is 3. The molecule has 0 aromatic heterocycles. The van der Waals surface area contributed by atoms with Gasteiger partial charge in [0.2, 0.25) is 0 Å². The number of halogens is 2. The first-order chi connectivity index (χ1) is 9.44. The van der Waals surface area contributed by atoms with Gasteiger partial charge < -0.3 is 4.74 Å². The van der Waals surface area contributed by atoms with E-state index in [9.17, 15) is 17.2 Å². The van der Waals surface area contributed by atoms with E-state index in [1.54, 1.807) is 18.2 Å². The number of anilines is 1. The van der Waals surface area contributed by atoms with Crippen molar-refractivity contribution < 1.29 is 21.9 Å². The Balaban J connectivity index is 2.41. The van der Waals surface area contributed by atoms with E-state index in [1.165, 1.54) is 13.2 Å². The van der Waals surface area contributed by atoms with Crippen molar-refractivity contribution in [3.05, 3.63) is 54.1 Å². The third-order valence-electron chi connectivity index (χ3n) is 2.53. The Morgan fingerprint density at radius 3 is 2.45 bits per heavy atom. The minimum absolute atomic E-state index is 0.165. The Morgan fingerprint density at radius 2 is 1.80 bits per heavy atom. The summed E-state index contributed by atoms with van der Waals surface area (Å²) in [5.41, 5.74) is 0.165. The SMILES string of the molecule is COc1ccccc1NS(=O)(=O)c1ccc(F)cc1F. The van der Waals surface area contributed by atoms with Gasteiger partial charge in [0.25, 0.3) is 10.0 Å². The fourth-order valence-electron chi connectivity index (χ4n) is 1.62. The van der Waals surface area contributed by atoms with Gasteiger partial charge in [0, 0.05) is 6.07 Å². The van der Waals surface area contributed by atoms with Gasteiger partial charge in [0.1, 0.15) is 22.3 Å². The maximum atomic E-state index is 13.5. The number of ether oxygens (including phenoxy) is 1. The van der Waals surface area contributed by atoms with Crippen molar-refractivity contribution in [3.8, 4) is 5.75 Å². The van der Waals surface area contributed by atoms with Crippen LogP contribution >= 0.6 is 0 Å². The predicted octanol–water partition coefficient (Wildman–Crippen LogP) is 2.77. The smallest absolute Gasteiger partial charge is 0.264 e. The van der Waals surface area contributed by atoms with Crippen LogP contribution in [-0.2, 0) is 10.0 Å². The van der Waals surface area contributed by atoms with E-state index < -0.39 is 26.6 Å². The summed E-state index contributed by atoms with van der Waals surface area (Å²) in [4.78, 5) is -0.634. The topological polar surface area (TPSA) is 55.4 Å². The number of sulfonamides is 1. The molecule has 1 N–H and O–H groups in total. The van der Waals surface area contributed by atoms with Crippen LogP contribution in [0.4, 0.5) is 14.5 Å². The summed E-state index contributed by atoms with van der Waals surface area (Å²) in [6, 6.07) is 8.53. The number of benzene rings is 2. The lowest BCUT2D eigenvalue weighted by Crippen LogP contribution is -2.15. The van der Waals surface area contributed by atoms with Crippen molar-refractivity contribution in [2.24, 2.45) is 0 Å². The minimum atomic E-state index is -4.17. The van der Waals surface area contributed by atoms with Crippen molar-refractivity contribution in [1.29, 1.82) is 0 Å². The highest BCUT2D eigenvalue weighted by Crippen LogP contribution is 2.26. The summed E-state index contributed by atoms with van der Waals surface area (Å²) in [5.74, 6) is -1.72. The highest BCUT2D eigenvalue weighted by molar-refractivity contribution is 7.92. The van der Waals surface area contributed by atoms with Crippen LogP contribution in [0, 0.1) is 11.6 Å². The molecular formula is C13H11F2NO3S. The third kappa shape index (κ3) is 2.88. The van der Waals surface area contributed by atoms with Gasteiger partial charge in [-0.05, 0) is 24.3 Å². The predicted molar refractivity (Wildman–Crippen MR) is 70.2 cm³/mol. The summed E-state index contributed by atoms with van der Waals surface area (Å²) in [6.45, 7) is 0. The summed E-state index contributed by atoms with van der Waals surface area (Å²) < 4.78 is 57.7. The van der Waals surface area contributed by atoms with Gasteiger partial charge in [-0.1, -0.05) is 12.1 Å². The average Bonchev–Trinajstić information content (AvgIpc) is 2.38. The second kappa shape index (κ2) is 5.46.